The summed E-state index contributed by atoms with van der Waals surface area (Å²) in [4.78, 5) is 2.49. The van der Waals surface area contributed by atoms with Gasteiger partial charge in [-0.1, -0.05) is 31.2 Å². The van der Waals surface area contributed by atoms with Crippen molar-refractivity contribution in [3.05, 3.63) is 35.4 Å². The second-order valence-electron chi connectivity index (χ2n) is 5.13. The summed E-state index contributed by atoms with van der Waals surface area (Å²) in [6.07, 6.45) is 2.43. The third kappa shape index (κ3) is 2.70. The van der Waals surface area contributed by atoms with Crippen LogP contribution in [0.5, 0.6) is 0 Å². The van der Waals surface area contributed by atoms with E-state index in [0.717, 1.165) is 18.9 Å². The van der Waals surface area contributed by atoms with Gasteiger partial charge in [0, 0.05) is 6.04 Å². The van der Waals surface area contributed by atoms with Gasteiger partial charge in [0.2, 0.25) is 0 Å². The van der Waals surface area contributed by atoms with Crippen LogP contribution in [0.25, 0.3) is 0 Å². The van der Waals surface area contributed by atoms with Gasteiger partial charge in [0.05, 0.1) is 0 Å². The smallest absolute Gasteiger partial charge is 0.0385 e. The molecule has 1 saturated heterocycles. The molecule has 0 bridgehead atoms. The number of nitrogens with zero attached hydrogens (tertiary/aromatic N) is 1. The Morgan fingerprint density at radius 1 is 1.29 bits per heavy atom. The molecule has 94 valence electrons. The van der Waals surface area contributed by atoms with E-state index in [2.05, 4.69) is 55.5 Å². The van der Waals surface area contributed by atoms with Crippen LogP contribution in [-0.2, 0) is 6.42 Å². The highest BCUT2D eigenvalue weighted by Gasteiger charge is 2.32. The van der Waals surface area contributed by atoms with E-state index in [1.54, 1.807) is 0 Å². The van der Waals surface area contributed by atoms with Crippen molar-refractivity contribution in [3.63, 3.8) is 0 Å². The lowest BCUT2D eigenvalue weighted by Gasteiger charge is -2.25. The van der Waals surface area contributed by atoms with Crippen molar-refractivity contribution in [2.24, 2.45) is 5.92 Å². The van der Waals surface area contributed by atoms with Gasteiger partial charge < -0.3 is 5.32 Å². The van der Waals surface area contributed by atoms with Crippen molar-refractivity contribution in [2.75, 3.05) is 27.2 Å². The van der Waals surface area contributed by atoms with E-state index >= 15 is 0 Å². The molecule has 1 fully saturated rings. The first-order valence-electron chi connectivity index (χ1n) is 6.70. The molecule has 0 radical (unpaired) electrons. The molecule has 1 aliphatic rings. The largest absolute Gasteiger partial charge is 0.319 e. The summed E-state index contributed by atoms with van der Waals surface area (Å²) in [6.45, 7) is 4.54. The predicted molar refractivity (Wildman–Crippen MR) is 73.2 cm³/mol. The fraction of sp³-hybridized carbons (Fsp3) is 0.600. The van der Waals surface area contributed by atoms with Crippen LogP contribution in [0.2, 0.25) is 0 Å². The minimum absolute atomic E-state index is 0.591. The van der Waals surface area contributed by atoms with Gasteiger partial charge in [-0.25, -0.2) is 0 Å². The molecule has 0 spiro atoms. The normalized spacial score (nSPS) is 25.4. The van der Waals surface area contributed by atoms with Crippen molar-refractivity contribution in [3.8, 4) is 0 Å². The maximum Gasteiger partial charge on any atom is 0.0385 e. The van der Waals surface area contributed by atoms with Crippen molar-refractivity contribution in [1.29, 1.82) is 0 Å². The Morgan fingerprint density at radius 3 is 2.59 bits per heavy atom. The number of likely N-dealkylation sites (tertiary alicyclic amines) is 1. The van der Waals surface area contributed by atoms with Crippen LogP contribution in [0.15, 0.2) is 24.3 Å². The lowest BCUT2D eigenvalue weighted by Crippen LogP contribution is -2.26. The number of hydrogen-bond donors (Lipinski definition) is 1. The highest BCUT2D eigenvalue weighted by Crippen LogP contribution is 2.35. The summed E-state index contributed by atoms with van der Waals surface area (Å²) in [6, 6.07) is 9.77. The zero-order chi connectivity index (χ0) is 12.3. The number of benzene rings is 1. The Balaban J connectivity index is 2.17. The highest BCUT2D eigenvalue weighted by atomic mass is 15.2. The van der Waals surface area contributed by atoms with Crippen LogP contribution in [-0.4, -0.2) is 32.1 Å². The van der Waals surface area contributed by atoms with E-state index in [9.17, 15) is 0 Å². The second kappa shape index (κ2) is 5.65. The number of nitrogens with one attached hydrogen (secondary N) is 1. The minimum atomic E-state index is 0.591. The maximum absolute atomic E-state index is 3.33. The van der Waals surface area contributed by atoms with Gasteiger partial charge in [0.1, 0.15) is 0 Å². The average Bonchev–Trinajstić information content (AvgIpc) is 2.71. The molecule has 0 amide bonds. The van der Waals surface area contributed by atoms with Crippen molar-refractivity contribution in [1.82, 2.24) is 10.2 Å². The van der Waals surface area contributed by atoms with Gasteiger partial charge in [-0.15, -0.1) is 0 Å². The molecule has 1 N–H and O–H groups in total. The standard InChI is InChI=1S/C15H24N2/c1-4-12-5-7-13(8-6-12)15-14(11-16-2)9-10-17(15)3/h5-8,14-16H,4,9-11H2,1-3H3. The van der Waals surface area contributed by atoms with Crippen molar-refractivity contribution < 1.29 is 0 Å². The molecule has 1 heterocycles. The molecular formula is C15H24N2. The first-order chi connectivity index (χ1) is 8.26. The van der Waals surface area contributed by atoms with Gasteiger partial charge >= 0.3 is 0 Å². The molecular weight excluding hydrogens is 208 g/mol. The molecule has 0 aromatic heterocycles. The summed E-state index contributed by atoms with van der Waals surface area (Å²) in [7, 11) is 4.30. The molecule has 2 atom stereocenters. The SMILES string of the molecule is CCc1ccc(C2C(CNC)CCN2C)cc1. The highest BCUT2D eigenvalue weighted by molar-refractivity contribution is 5.26. The molecule has 2 heteroatoms. The van der Waals surface area contributed by atoms with E-state index in [-0.39, 0.29) is 0 Å². The van der Waals surface area contributed by atoms with Gasteiger partial charge in [0.25, 0.3) is 0 Å². The Kier molecular flexibility index (Phi) is 4.19. The predicted octanol–water partition coefficient (Wildman–Crippen LogP) is 2.46. The maximum atomic E-state index is 3.33. The van der Waals surface area contributed by atoms with Gasteiger partial charge in [-0.3, -0.25) is 4.90 Å². The van der Waals surface area contributed by atoms with Crippen molar-refractivity contribution in [2.45, 2.75) is 25.8 Å². The number of aryl methyl sites for hydroxylation is 1. The Bertz CT molecular complexity index is 342. The summed E-state index contributed by atoms with van der Waals surface area (Å²) < 4.78 is 0. The number of hydrogen-bond acceptors (Lipinski definition) is 2. The van der Waals surface area contributed by atoms with Crippen LogP contribution >= 0.6 is 0 Å². The van der Waals surface area contributed by atoms with E-state index < -0.39 is 0 Å². The van der Waals surface area contributed by atoms with E-state index in [0.29, 0.717) is 6.04 Å². The molecule has 2 nitrogen and oxygen atoms in total. The van der Waals surface area contributed by atoms with Crippen LogP contribution < -0.4 is 5.32 Å². The third-order valence-corrected chi connectivity index (χ3v) is 3.97. The second-order valence-corrected chi connectivity index (χ2v) is 5.13. The third-order valence-electron chi connectivity index (χ3n) is 3.97. The van der Waals surface area contributed by atoms with Gasteiger partial charge in [-0.2, -0.15) is 0 Å². The number of rotatable bonds is 4. The Labute approximate surface area is 105 Å². The summed E-state index contributed by atoms with van der Waals surface area (Å²) in [5.41, 5.74) is 2.90. The molecule has 0 saturated carbocycles. The lowest BCUT2D eigenvalue weighted by atomic mass is 9.93. The Hall–Kier alpha value is -0.860. The van der Waals surface area contributed by atoms with Crippen LogP contribution in [0, 0.1) is 5.92 Å². The van der Waals surface area contributed by atoms with Crippen LogP contribution in [0.4, 0.5) is 0 Å². The van der Waals surface area contributed by atoms with Crippen LogP contribution in [0.1, 0.15) is 30.5 Å². The van der Waals surface area contributed by atoms with E-state index in [1.165, 1.54) is 24.1 Å². The first kappa shape index (κ1) is 12.6. The monoisotopic (exact) mass is 232 g/mol. The molecule has 0 aliphatic carbocycles. The van der Waals surface area contributed by atoms with E-state index in [4.69, 9.17) is 0 Å². The summed E-state index contributed by atoms with van der Waals surface area (Å²) >= 11 is 0. The first-order valence-corrected chi connectivity index (χ1v) is 6.70. The fourth-order valence-electron chi connectivity index (χ4n) is 2.98. The molecule has 1 aromatic carbocycles. The fourth-order valence-corrected chi connectivity index (χ4v) is 2.98. The zero-order valence-corrected chi connectivity index (χ0v) is 11.2. The average molecular weight is 232 g/mol. The zero-order valence-electron chi connectivity index (χ0n) is 11.2. The topological polar surface area (TPSA) is 15.3 Å². The molecule has 2 rings (SSSR count). The Morgan fingerprint density at radius 2 is 2.00 bits per heavy atom. The molecule has 1 aromatic rings. The molecule has 17 heavy (non-hydrogen) atoms. The van der Waals surface area contributed by atoms with Crippen LogP contribution in [0.3, 0.4) is 0 Å². The summed E-state index contributed by atoms with van der Waals surface area (Å²) in [5.74, 6) is 0.748. The van der Waals surface area contributed by atoms with Gasteiger partial charge in [-0.05, 0) is 57.1 Å². The summed E-state index contributed by atoms with van der Waals surface area (Å²) in [5, 5.41) is 3.33. The van der Waals surface area contributed by atoms with Crippen molar-refractivity contribution >= 4 is 0 Å². The lowest BCUT2D eigenvalue weighted by molar-refractivity contribution is 0.274. The van der Waals surface area contributed by atoms with E-state index in [1.807, 2.05) is 0 Å². The molecule has 1 aliphatic heterocycles. The molecule has 2 unspecified atom stereocenters. The quantitative estimate of drug-likeness (QED) is 0.858. The van der Waals surface area contributed by atoms with Gasteiger partial charge in [0.15, 0.2) is 0 Å². The minimum Gasteiger partial charge on any atom is -0.319 e.